The van der Waals surface area contributed by atoms with E-state index in [0.29, 0.717) is 6.54 Å². The quantitative estimate of drug-likeness (QED) is 0.896. The molecule has 6 heteroatoms. The van der Waals surface area contributed by atoms with E-state index in [1.807, 2.05) is 17.2 Å². The Balaban J connectivity index is 1.95. The molecule has 5 nitrogen and oxygen atoms in total. The zero-order valence-electron chi connectivity index (χ0n) is 12.1. The van der Waals surface area contributed by atoms with Gasteiger partial charge in [-0.2, -0.15) is 0 Å². The van der Waals surface area contributed by atoms with Crippen LogP contribution in [-0.2, 0) is 0 Å². The summed E-state index contributed by atoms with van der Waals surface area (Å²) in [6.07, 6.45) is 2.80. The number of carbonyl (C=O) groups is 1. The number of nitrogens with zero attached hydrogens (tertiary/aromatic N) is 2. The molecule has 2 N–H and O–H groups in total. The van der Waals surface area contributed by atoms with Gasteiger partial charge >= 0.3 is 6.03 Å². The van der Waals surface area contributed by atoms with Crippen LogP contribution in [0.3, 0.4) is 0 Å². The summed E-state index contributed by atoms with van der Waals surface area (Å²) in [4.78, 5) is 18.6. The van der Waals surface area contributed by atoms with E-state index < -0.39 is 0 Å². The number of hydrogen-bond acceptors (Lipinski definition) is 4. The van der Waals surface area contributed by atoms with Gasteiger partial charge in [-0.1, -0.05) is 6.92 Å². The molecule has 0 saturated carbocycles. The third-order valence-electron chi connectivity index (χ3n) is 3.71. The van der Waals surface area contributed by atoms with Crippen molar-refractivity contribution in [1.29, 1.82) is 0 Å². The molecule has 2 atom stereocenters. The van der Waals surface area contributed by atoms with E-state index in [2.05, 4.69) is 17.2 Å². The lowest BCUT2D eigenvalue weighted by Crippen LogP contribution is -2.47. The third-order valence-corrected chi connectivity index (χ3v) is 4.78. The largest absolute Gasteiger partial charge is 0.396 e. The predicted octanol–water partition coefficient (Wildman–Crippen LogP) is 2.32. The number of carbonyl (C=O) groups excluding carboxylic acids is 1. The summed E-state index contributed by atoms with van der Waals surface area (Å²) in [7, 11) is 0. The van der Waals surface area contributed by atoms with Gasteiger partial charge in [0.2, 0.25) is 0 Å². The van der Waals surface area contributed by atoms with Crippen molar-refractivity contribution < 1.29 is 9.90 Å². The van der Waals surface area contributed by atoms with Crippen LogP contribution in [0.25, 0.3) is 0 Å². The second kappa shape index (κ2) is 7.04. The molecule has 0 spiro atoms. The molecule has 1 saturated heterocycles. The van der Waals surface area contributed by atoms with Crippen molar-refractivity contribution in [1.82, 2.24) is 15.2 Å². The average Bonchev–Trinajstić information content (AvgIpc) is 2.91. The van der Waals surface area contributed by atoms with Gasteiger partial charge in [-0.05, 0) is 32.1 Å². The van der Waals surface area contributed by atoms with E-state index in [0.717, 1.165) is 36.5 Å². The molecule has 1 aliphatic rings. The minimum absolute atomic E-state index is 0.0179. The Morgan fingerprint density at radius 1 is 1.70 bits per heavy atom. The van der Waals surface area contributed by atoms with E-state index in [9.17, 15) is 9.90 Å². The van der Waals surface area contributed by atoms with Gasteiger partial charge in [-0.15, -0.1) is 11.3 Å². The lowest BCUT2D eigenvalue weighted by molar-refractivity contribution is 0.127. The highest BCUT2D eigenvalue weighted by Gasteiger charge is 2.25. The van der Waals surface area contributed by atoms with Crippen LogP contribution in [0.2, 0.25) is 0 Å². The second-order valence-corrected chi connectivity index (χ2v) is 6.26. The summed E-state index contributed by atoms with van der Waals surface area (Å²) in [6, 6.07) is -0.0569. The molecule has 2 rings (SSSR count). The first kappa shape index (κ1) is 15.3. The van der Waals surface area contributed by atoms with Crippen LogP contribution in [0.4, 0.5) is 4.79 Å². The molecule has 1 aliphatic heterocycles. The normalized spacial score (nSPS) is 20.8. The maximum atomic E-state index is 12.3. The van der Waals surface area contributed by atoms with E-state index in [1.54, 1.807) is 11.3 Å². The fourth-order valence-electron chi connectivity index (χ4n) is 2.51. The third kappa shape index (κ3) is 3.70. The standard InChI is InChI=1S/C14H23N3O2S/c1-3-12(13-15-10(2)9-20-13)16-14(19)17-6-4-5-11(7-17)8-18/h9,11-12,18H,3-8H2,1-2H3,(H,16,19). The van der Waals surface area contributed by atoms with Crippen LogP contribution in [0, 0.1) is 12.8 Å². The van der Waals surface area contributed by atoms with E-state index in [1.165, 1.54) is 0 Å². The number of aryl methyl sites for hydroxylation is 1. The van der Waals surface area contributed by atoms with Crippen molar-refractivity contribution in [3.8, 4) is 0 Å². The topological polar surface area (TPSA) is 65.5 Å². The first-order valence-corrected chi connectivity index (χ1v) is 8.10. The van der Waals surface area contributed by atoms with Crippen molar-refractivity contribution in [3.05, 3.63) is 16.1 Å². The van der Waals surface area contributed by atoms with Crippen LogP contribution in [0.15, 0.2) is 5.38 Å². The summed E-state index contributed by atoms with van der Waals surface area (Å²) in [5.74, 6) is 0.219. The van der Waals surface area contributed by atoms with Crippen molar-refractivity contribution in [2.75, 3.05) is 19.7 Å². The summed E-state index contributed by atoms with van der Waals surface area (Å²) >= 11 is 1.59. The number of aliphatic hydroxyl groups is 1. The van der Waals surface area contributed by atoms with Crippen molar-refractivity contribution in [3.63, 3.8) is 0 Å². The highest BCUT2D eigenvalue weighted by atomic mass is 32.1. The number of nitrogens with one attached hydrogen (secondary N) is 1. The Bertz CT molecular complexity index is 449. The zero-order chi connectivity index (χ0) is 14.5. The van der Waals surface area contributed by atoms with Crippen molar-refractivity contribution in [2.45, 2.75) is 39.2 Å². The smallest absolute Gasteiger partial charge is 0.317 e. The number of thiazole rings is 1. The summed E-state index contributed by atoms with van der Waals surface area (Å²) in [5, 5.41) is 15.3. The second-order valence-electron chi connectivity index (χ2n) is 5.37. The lowest BCUT2D eigenvalue weighted by atomic mass is 9.99. The fraction of sp³-hybridized carbons (Fsp3) is 0.714. The molecule has 0 aliphatic carbocycles. The fourth-order valence-corrected chi connectivity index (χ4v) is 3.44. The SMILES string of the molecule is CCC(NC(=O)N1CCCC(CO)C1)c1nc(C)cs1. The van der Waals surface area contributed by atoms with Crippen LogP contribution in [0.5, 0.6) is 0 Å². The van der Waals surface area contributed by atoms with Crippen LogP contribution in [-0.4, -0.2) is 40.7 Å². The number of likely N-dealkylation sites (tertiary alicyclic amines) is 1. The Kier molecular flexibility index (Phi) is 5.37. The first-order chi connectivity index (χ1) is 9.63. The molecule has 112 valence electrons. The number of hydrogen-bond donors (Lipinski definition) is 2. The molecule has 1 aromatic rings. The Morgan fingerprint density at radius 2 is 2.50 bits per heavy atom. The molecular weight excluding hydrogens is 274 g/mol. The van der Waals surface area contributed by atoms with Gasteiger partial charge in [-0.25, -0.2) is 9.78 Å². The average molecular weight is 297 g/mol. The van der Waals surface area contributed by atoms with Gasteiger partial charge < -0.3 is 15.3 Å². The van der Waals surface area contributed by atoms with Crippen LogP contribution in [0.1, 0.15) is 42.9 Å². The molecule has 0 aromatic carbocycles. The monoisotopic (exact) mass is 297 g/mol. The lowest BCUT2D eigenvalue weighted by Gasteiger charge is -2.32. The minimum Gasteiger partial charge on any atom is -0.396 e. The van der Waals surface area contributed by atoms with Gasteiger partial charge in [0.1, 0.15) is 5.01 Å². The van der Waals surface area contributed by atoms with Crippen LogP contribution >= 0.6 is 11.3 Å². The number of piperidine rings is 1. The van der Waals surface area contributed by atoms with Crippen molar-refractivity contribution >= 4 is 17.4 Å². The van der Waals surface area contributed by atoms with Crippen molar-refractivity contribution in [2.24, 2.45) is 5.92 Å². The number of aliphatic hydroxyl groups excluding tert-OH is 1. The number of urea groups is 1. The molecule has 0 bridgehead atoms. The summed E-state index contributed by atoms with van der Waals surface area (Å²) in [5.41, 5.74) is 0.996. The molecule has 1 fully saturated rings. The van der Waals surface area contributed by atoms with Gasteiger partial charge in [0.15, 0.2) is 0 Å². The molecule has 2 amide bonds. The molecular formula is C14H23N3O2S. The van der Waals surface area contributed by atoms with Gasteiger partial charge in [0.25, 0.3) is 0 Å². The highest BCUT2D eigenvalue weighted by Crippen LogP contribution is 2.22. The molecule has 0 radical (unpaired) electrons. The Hall–Kier alpha value is -1.14. The zero-order valence-corrected chi connectivity index (χ0v) is 12.9. The molecule has 20 heavy (non-hydrogen) atoms. The van der Waals surface area contributed by atoms with E-state index in [4.69, 9.17) is 0 Å². The molecule has 1 aromatic heterocycles. The molecule has 2 heterocycles. The number of amides is 2. The minimum atomic E-state index is -0.0390. The van der Waals surface area contributed by atoms with Crippen LogP contribution < -0.4 is 5.32 Å². The highest BCUT2D eigenvalue weighted by molar-refractivity contribution is 7.09. The van der Waals surface area contributed by atoms with Gasteiger partial charge in [-0.3, -0.25) is 0 Å². The Labute approximate surface area is 124 Å². The van der Waals surface area contributed by atoms with E-state index >= 15 is 0 Å². The van der Waals surface area contributed by atoms with E-state index in [-0.39, 0.29) is 24.6 Å². The van der Waals surface area contributed by atoms with Gasteiger partial charge in [0.05, 0.1) is 6.04 Å². The maximum absolute atomic E-state index is 12.3. The molecule has 2 unspecified atom stereocenters. The number of aromatic nitrogens is 1. The summed E-state index contributed by atoms with van der Waals surface area (Å²) < 4.78 is 0. The van der Waals surface area contributed by atoms with Gasteiger partial charge in [0, 0.05) is 30.8 Å². The predicted molar refractivity (Wildman–Crippen MR) is 79.8 cm³/mol. The first-order valence-electron chi connectivity index (χ1n) is 7.22. The number of rotatable bonds is 4. The Morgan fingerprint density at radius 3 is 3.10 bits per heavy atom. The summed E-state index contributed by atoms with van der Waals surface area (Å²) in [6.45, 7) is 5.59. The maximum Gasteiger partial charge on any atom is 0.317 e.